The van der Waals surface area contributed by atoms with E-state index in [-0.39, 0.29) is 5.75 Å². The lowest BCUT2D eigenvalue weighted by atomic mass is 10.2. The van der Waals surface area contributed by atoms with Crippen molar-refractivity contribution < 1.29 is 6.48 Å². The molecule has 0 aliphatic carbocycles. The van der Waals surface area contributed by atoms with Crippen molar-refractivity contribution in [1.82, 2.24) is 0 Å². The number of hydrogen-bond acceptors (Lipinski definition) is 1. The van der Waals surface area contributed by atoms with Gasteiger partial charge in [0.15, 0.2) is 0 Å². The van der Waals surface area contributed by atoms with E-state index in [0.29, 0.717) is 5.02 Å². The van der Waals surface area contributed by atoms with Crippen LogP contribution < -0.4 is 0 Å². The molecule has 0 aromatic heterocycles. The van der Waals surface area contributed by atoms with Crippen molar-refractivity contribution in [2.24, 2.45) is 0 Å². The quantitative estimate of drug-likeness (QED) is 0.661. The molecule has 1 nitrogen and oxygen atoms in total. The summed E-state index contributed by atoms with van der Waals surface area (Å²) >= 11 is 5.71. The minimum atomic E-state index is 0.136. The second-order valence-corrected chi connectivity index (χ2v) is 2.28. The molecule has 0 saturated heterocycles. The first-order valence-corrected chi connectivity index (χ1v) is 3.15. The molecule has 0 heterocycles. The van der Waals surface area contributed by atoms with E-state index in [1.54, 1.807) is 12.1 Å². The number of phenolic OH excluding ortho intramolecular Hbond substituents is 1. The van der Waals surface area contributed by atoms with Crippen LogP contribution in [0.1, 0.15) is 6.93 Å². The number of rotatable bonds is 1. The molecule has 0 spiro atoms. The fourth-order valence-electron chi connectivity index (χ4n) is 0.651. The predicted octanol–water partition coefficient (Wildman–Crippen LogP) is 2.69. The molecule has 0 saturated carbocycles. The van der Waals surface area contributed by atoms with Gasteiger partial charge in [0.25, 0.3) is 0 Å². The van der Waals surface area contributed by atoms with Crippen LogP contribution in [0.4, 0.5) is 0 Å². The number of hydrogen-bond donors (Lipinski definition) is 1. The molecule has 0 fully saturated rings. The van der Waals surface area contributed by atoms with Gasteiger partial charge in [0.05, 0.1) is 6.39 Å². The standard InChI is InChI=1S/C8H7ClO/c1-2-6-3-4-7(10)5-8(6)9/h2-5,10H,1H2/i1D. The van der Waals surface area contributed by atoms with Gasteiger partial charge in [0, 0.05) is 0 Å². The van der Waals surface area contributed by atoms with E-state index in [0.717, 1.165) is 12.1 Å². The maximum absolute atomic E-state index is 8.95. The predicted molar refractivity (Wildman–Crippen MR) is 43.2 cm³/mol. The molecule has 0 amide bonds. The molecule has 0 bridgehead atoms. The Kier molecular flexibility index (Phi) is 1.60. The van der Waals surface area contributed by atoms with Gasteiger partial charge in [0.1, 0.15) is 5.75 Å². The third-order valence-electron chi connectivity index (χ3n) is 1.16. The van der Waals surface area contributed by atoms with Crippen LogP contribution in [0.2, 0.25) is 5.02 Å². The van der Waals surface area contributed by atoms with E-state index in [1.807, 2.05) is 0 Å². The molecule has 52 valence electrons. The van der Waals surface area contributed by atoms with Gasteiger partial charge in [-0.05, 0) is 23.8 Å². The molecule has 1 aromatic rings. The third kappa shape index (κ3) is 1.31. The Balaban J connectivity index is 3.09. The first kappa shape index (κ1) is 5.81. The summed E-state index contributed by atoms with van der Waals surface area (Å²) in [5, 5.41) is 9.40. The monoisotopic (exact) mass is 155 g/mol. The third-order valence-corrected chi connectivity index (χ3v) is 1.49. The average Bonchev–Trinajstić information content (AvgIpc) is 1.95. The molecular formula is C8H7ClO. The van der Waals surface area contributed by atoms with E-state index in [9.17, 15) is 0 Å². The van der Waals surface area contributed by atoms with Crippen LogP contribution in [0.3, 0.4) is 0 Å². The fraction of sp³-hybridized carbons (Fsp3) is 0. The zero-order valence-electron chi connectivity index (χ0n) is 6.21. The van der Waals surface area contributed by atoms with Gasteiger partial charge in [-0.3, -0.25) is 0 Å². The molecule has 0 atom stereocenters. The van der Waals surface area contributed by atoms with Crippen molar-refractivity contribution >= 4 is 17.7 Å². The lowest BCUT2D eigenvalue weighted by Crippen LogP contribution is -1.72. The largest absolute Gasteiger partial charge is 0.508 e. The number of benzene rings is 1. The summed E-state index contributed by atoms with van der Waals surface area (Å²) in [7, 11) is 0. The van der Waals surface area contributed by atoms with Crippen molar-refractivity contribution in [2.75, 3.05) is 0 Å². The molecule has 2 heteroatoms. The van der Waals surface area contributed by atoms with Crippen LogP contribution in [0.5, 0.6) is 5.75 Å². The van der Waals surface area contributed by atoms with Crippen molar-refractivity contribution in [2.45, 2.75) is 0 Å². The first-order chi connectivity index (χ1) is 5.24. The summed E-state index contributed by atoms with van der Waals surface area (Å²) in [5.74, 6) is 0.136. The van der Waals surface area contributed by atoms with Gasteiger partial charge in [-0.25, -0.2) is 0 Å². The zero-order chi connectivity index (χ0) is 8.27. The van der Waals surface area contributed by atoms with E-state index in [1.165, 1.54) is 12.1 Å². The Morgan fingerprint density at radius 1 is 1.70 bits per heavy atom. The maximum Gasteiger partial charge on any atom is 0.117 e. The van der Waals surface area contributed by atoms with Gasteiger partial charge < -0.3 is 5.11 Å². The lowest BCUT2D eigenvalue weighted by molar-refractivity contribution is 0.475. The molecule has 0 radical (unpaired) electrons. The van der Waals surface area contributed by atoms with Gasteiger partial charge >= 0.3 is 0 Å². The van der Waals surface area contributed by atoms with Gasteiger partial charge in [-0.15, -0.1) is 0 Å². The van der Waals surface area contributed by atoms with Crippen molar-refractivity contribution in [1.29, 1.82) is 0 Å². The van der Waals surface area contributed by atoms with Crippen LogP contribution in [-0.2, 0) is 0 Å². The fourth-order valence-corrected chi connectivity index (χ4v) is 0.889. The highest BCUT2D eigenvalue weighted by atomic mass is 35.5. The number of halogens is 1. The van der Waals surface area contributed by atoms with Crippen LogP contribution in [-0.4, -0.2) is 5.11 Å². The average molecular weight is 156 g/mol. The molecular weight excluding hydrogens is 148 g/mol. The molecule has 0 aliphatic heterocycles. The minimum absolute atomic E-state index is 0.136. The summed E-state index contributed by atoms with van der Waals surface area (Å²) < 4.78 is 6.79. The molecule has 0 unspecified atom stereocenters. The Morgan fingerprint density at radius 3 is 3.10 bits per heavy atom. The highest BCUT2D eigenvalue weighted by Gasteiger charge is 1.95. The van der Waals surface area contributed by atoms with Crippen molar-refractivity contribution in [3.8, 4) is 5.75 Å². The van der Waals surface area contributed by atoms with Gasteiger partial charge in [-0.1, -0.05) is 24.2 Å². The van der Waals surface area contributed by atoms with E-state index in [2.05, 4.69) is 0 Å². The molecule has 1 aromatic carbocycles. The Hall–Kier alpha value is -0.950. The highest BCUT2D eigenvalue weighted by molar-refractivity contribution is 6.32. The summed E-state index contributed by atoms with van der Waals surface area (Å²) in [6.45, 7) is 1.15. The Morgan fingerprint density at radius 2 is 2.50 bits per heavy atom. The SMILES string of the molecule is [2H]C=Cc1ccc(O)cc1Cl. The normalized spacial score (nSPS) is 11.9. The molecule has 10 heavy (non-hydrogen) atoms. The number of aromatic hydroxyl groups is 1. The molecule has 1 N–H and O–H groups in total. The van der Waals surface area contributed by atoms with E-state index < -0.39 is 0 Å². The maximum atomic E-state index is 8.95. The zero-order valence-corrected chi connectivity index (χ0v) is 5.97. The van der Waals surface area contributed by atoms with Gasteiger partial charge in [0.2, 0.25) is 0 Å². The number of phenols is 1. The summed E-state index contributed by atoms with van der Waals surface area (Å²) in [6, 6.07) is 4.63. The Labute approximate surface area is 66.0 Å². The molecule has 0 aliphatic rings. The topological polar surface area (TPSA) is 20.2 Å². The van der Waals surface area contributed by atoms with Gasteiger partial charge in [-0.2, -0.15) is 0 Å². The summed E-state index contributed by atoms with van der Waals surface area (Å²) in [4.78, 5) is 0. The smallest absolute Gasteiger partial charge is 0.117 e. The van der Waals surface area contributed by atoms with Crippen molar-refractivity contribution in [3.05, 3.63) is 35.3 Å². The summed E-state index contributed by atoms with van der Waals surface area (Å²) in [6.07, 6.45) is 1.56. The first-order valence-electron chi connectivity index (χ1n) is 3.35. The Bertz CT molecular complexity index is 283. The van der Waals surface area contributed by atoms with E-state index in [4.69, 9.17) is 18.1 Å². The van der Waals surface area contributed by atoms with Crippen LogP contribution >= 0.6 is 11.6 Å². The van der Waals surface area contributed by atoms with Crippen LogP contribution in [0.25, 0.3) is 6.08 Å². The molecule has 1 rings (SSSR count). The minimum Gasteiger partial charge on any atom is -0.508 e. The van der Waals surface area contributed by atoms with E-state index >= 15 is 0 Å². The second kappa shape index (κ2) is 2.76. The lowest BCUT2D eigenvalue weighted by Gasteiger charge is -1.96. The highest BCUT2D eigenvalue weighted by Crippen LogP contribution is 2.21. The second-order valence-electron chi connectivity index (χ2n) is 1.87. The summed E-state index contributed by atoms with van der Waals surface area (Å²) in [5.41, 5.74) is 0.736. The van der Waals surface area contributed by atoms with Crippen molar-refractivity contribution in [3.63, 3.8) is 0 Å². The van der Waals surface area contributed by atoms with Crippen LogP contribution in [0, 0.1) is 0 Å². The van der Waals surface area contributed by atoms with Crippen LogP contribution in [0.15, 0.2) is 24.8 Å².